The van der Waals surface area contributed by atoms with Gasteiger partial charge in [0.1, 0.15) is 0 Å². The Balaban J connectivity index is 1.70. The van der Waals surface area contributed by atoms with E-state index in [0.29, 0.717) is 12.1 Å². The molecule has 1 saturated heterocycles. The number of hydrogen-bond acceptors (Lipinski definition) is 4. The highest BCUT2D eigenvalue weighted by atomic mass is 16.7. The number of hydrogen-bond donors (Lipinski definition) is 1. The molecule has 2 aliphatic carbocycles. The number of ether oxygens (including phenoxy) is 2. The normalized spacial score (nSPS) is 33.1. The van der Waals surface area contributed by atoms with Crippen molar-refractivity contribution in [3.63, 3.8) is 0 Å². The largest absolute Gasteiger partial charge is 0.347 e. The van der Waals surface area contributed by atoms with Crippen LogP contribution in [0.1, 0.15) is 45.4 Å². The standard InChI is InChI=1S/C16H30N2O2/c1-3-8-18(12-13-4-5-13)15-11-16(19-9-10-20-16)7-6-14(15)17-2/h13-15,17H,3-12H2,1-2H3. The van der Waals surface area contributed by atoms with Gasteiger partial charge < -0.3 is 14.8 Å². The first-order valence-electron chi connectivity index (χ1n) is 8.45. The molecule has 2 unspecified atom stereocenters. The fraction of sp³-hybridized carbons (Fsp3) is 1.00. The maximum absolute atomic E-state index is 5.98. The predicted molar refractivity (Wildman–Crippen MR) is 79.7 cm³/mol. The van der Waals surface area contributed by atoms with Crippen molar-refractivity contribution in [2.24, 2.45) is 5.92 Å². The van der Waals surface area contributed by atoms with Crippen molar-refractivity contribution in [1.29, 1.82) is 0 Å². The highest BCUT2D eigenvalue weighted by Gasteiger charge is 2.46. The van der Waals surface area contributed by atoms with Crippen molar-refractivity contribution in [2.45, 2.75) is 63.3 Å². The number of nitrogens with zero attached hydrogens (tertiary/aromatic N) is 1. The van der Waals surface area contributed by atoms with Gasteiger partial charge in [0, 0.05) is 31.5 Å². The molecule has 1 heterocycles. The van der Waals surface area contributed by atoms with Crippen LogP contribution < -0.4 is 5.32 Å². The van der Waals surface area contributed by atoms with Crippen molar-refractivity contribution >= 4 is 0 Å². The molecule has 3 aliphatic rings. The van der Waals surface area contributed by atoms with Gasteiger partial charge in [-0.25, -0.2) is 0 Å². The molecule has 0 aromatic carbocycles. The minimum Gasteiger partial charge on any atom is -0.347 e. The lowest BCUT2D eigenvalue weighted by Gasteiger charge is -2.46. The Kier molecular flexibility index (Phi) is 4.65. The third kappa shape index (κ3) is 3.19. The van der Waals surface area contributed by atoms with Gasteiger partial charge in [0.05, 0.1) is 13.2 Å². The second kappa shape index (κ2) is 6.30. The summed E-state index contributed by atoms with van der Waals surface area (Å²) in [5.41, 5.74) is 0. The molecule has 0 aromatic heterocycles. The third-order valence-corrected chi connectivity index (χ3v) is 5.17. The van der Waals surface area contributed by atoms with Gasteiger partial charge in [0.25, 0.3) is 0 Å². The first-order valence-corrected chi connectivity index (χ1v) is 8.45. The van der Waals surface area contributed by atoms with Gasteiger partial charge in [-0.2, -0.15) is 0 Å². The van der Waals surface area contributed by atoms with Gasteiger partial charge in [-0.1, -0.05) is 6.92 Å². The molecule has 1 spiro atoms. The molecule has 2 saturated carbocycles. The van der Waals surface area contributed by atoms with Crippen molar-refractivity contribution < 1.29 is 9.47 Å². The summed E-state index contributed by atoms with van der Waals surface area (Å²) in [6, 6.07) is 1.14. The molecule has 0 aromatic rings. The topological polar surface area (TPSA) is 33.7 Å². The molecule has 1 aliphatic heterocycles. The second-order valence-electron chi connectivity index (χ2n) is 6.75. The van der Waals surface area contributed by atoms with Crippen LogP contribution >= 0.6 is 0 Å². The molecule has 3 rings (SSSR count). The smallest absolute Gasteiger partial charge is 0.170 e. The summed E-state index contributed by atoms with van der Waals surface area (Å²) in [7, 11) is 2.10. The molecular formula is C16H30N2O2. The van der Waals surface area contributed by atoms with Gasteiger partial charge in [-0.05, 0) is 45.2 Å². The SMILES string of the molecule is CCCN(CC1CC1)C1CC2(CCC1NC)OCCO2. The van der Waals surface area contributed by atoms with Crippen LogP contribution in [-0.4, -0.2) is 56.1 Å². The summed E-state index contributed by atoms with van der Waals surface area (Å²) in [6.45, 7) is 6.30. The summed E-state index contributed by atoms with van der Waals surface area (Å²) in [4.78, 5) is 2.71. The molecule has 0 amide bonds. The first kappa shape index (κ1) is 14.8. The molecule has 2 atom stereocenters. The van der Waals surface area contributed by atoms with Crippen LogP contribution in [0.3, 0.4) is 0 Å². The van der Waals surface area contributed by atoms with Crippen LogP contribution in [-0.2, 0) is 9.47 Å². The summed E-state index contributed by atoms with van der Waals surface area (Å²) < 4.78 is 12.0. The average Bonchev–Trinajstić information content (AvgIpc) is 3.17. The highest BCUT2D eigenvalue weighted by molar-refractivity contribution is 4.97. The lowest BCUT2D eigenvalue weighted by Crippen LogP contribution is -2.57. The van der Waals surface area contributed by atoms with E-state index in [1.807, 2.05) is 0 Å². The van der Waals surface area contributed by atoms with E-state index in [2.05, 4.69) is 24.2 Å². The molecule has 20 heavy (non-hydrogen) atoms. The molecule has 0 bridgehead atoms. The van der Waals surface area contributed by atoms with Gasteiger partial charge in [-0.3, -0.25) is 4.90 Å². The predicted octanol–water partition coefficient (Wildman–Crippen LogP) is 1.99. The zero-order chi connectivity index (χ0) is 14.0. The van der Waals surface area contributed by atoms with Crippen molar-refractivity contribution in [3.05, 3.63) is 0 Å². The van der Waals surface area contributed by atoms with E-state index in [-0.39, 0.29) is 5.79 Å². The maximum atomic E-state index is 5.98. The molecule has 3 fully saturated rings. The number of nitrogens with one attached hydrogen (secondary N) is 1. The Labute approximate surface area is 123 Å². The fourth-order valence-corrected chi connectivity index (χ4v) is 3.92. The summed E-state index contributed by atoms with van der Waals surface area (Å²) in [5.74, 6) is 0.676. The highest BCUT2D eigenvalue weighted by Crippen LogP contribution is 2.39. The second-order valence-corrected chi connectivity index (χ2v) is 6.75. The van der Waals surface area contributed by atoms with Crippen LogP contribution in [0.2, 0.25) is 0 Å². The van der Waals surface area contributed by atoms with E-state index in [1.165, 1.54) is 32.4 Å². The first-order chi connectivity index (χ1) is 9.76. The molecular weight excluding hydrogens is 252 g/mol. The lowest BCUT2D eigenvalue weighted by molar-refractivity contribution is -0.193. The van der Waals surface area contributed by atoms with E-state index in [0.717, 1.165) is 38.4 Å². The van der Waals surface area contributed by atoms with Gasteiger partial charge in [0.15, 0.2) is 5.79 Å². The van der Waals surface area contributed by atoms with Crippen LogP contribution in [0.5, 0.6) is 0 Å². The van der Waals surface area contributed by atoms with E-state index in [4.69, 9.17) is 9.47 Å². The Morgan fingerprint density at radius 3 is 2.55 bits per heavy atom. The monoisotopic (exact) mass is 282 g/mol. The van der Waals surface area contributed by atoms with Crippen LogP contribution in [0, 0.1) is 5.92 Å². The number of rotatable bonds is 6. The van der Waals surface area contributed by atoms with Crippen molar-refractivity contribution in [3.8, 4) is 0 Å². The van der Waals surface area contributed by atoms with Gasteiger partial charge in [0.2, 0.25) is 0 Å². The van der Waals surface area contributed by atoms with E-state index in [1.54, 1.807) is 0 Å². The minimum absolute atomic E-state index is 0.270. The summed E-state index contributed by atoms with van der Waals surface area (Å²) in [5, 5.41) is 3.54. The average molecular weight is 282 g/mol. The summed E-state index contributed by atoms with van der Waals surface area (Å²) >= 11 is 0. The van der Waals surface area contributed by atoms with Crippen LogP contribution in [0.15, 0.2) is 0 Å². The Hall–Kier alpha value is -0.160. The minimum atomic E-state index is -0.270. The molecule has 116 valence electrons. The Bertz CT molecular complexity index is 314. The molecule has 4 heteroatoms. The summed E-state index contributed by atoms with van der Waals surface area (Å²) in [6.07, 6.45) is 7.31. The number of likely N-dealkylation sites (N-methyl/N-ethyl adjacent to an activating group) is 1. The van der Waals surface area contributed by atoms with Gasteiger partial charge >= 0.3 is 0 Å². The third-order valence-electron chi connectivity index (χ3n) is 5.17. The Morgan fingerprint density at radius 2 is 1.95 bits per heavy atom. The van der Waals surface area contributed by atoms with E-state index >= 15 is 0 Å². The molecule has 0 radical (unpaired) electrons. The zero-order valence-corrected chi connectivity index (χ0v) is 13.1. The maximum Gasteiger partial charge on any atom is 0.170 e. The van der Waals surface area contributed by atoms with Crippen molar-refractivity contribution in [2.75, 3.05) is 33.4 Å². The van der Waals surface area contributed by atoms with E-state index < -0.39 is 0 Å². The van der Waals surface area contributed by atoms with E-state index in [9.17, 15) is 0 Å². The van der Waals surface area contributed by atoms with Crippen LogP contribution in [0.4, 0.5) is 0 Å². The van der Waals surface area contributed by atoms with Crippen molar-refractivity contribution in [1.82, 2.24) is 10.2 Å². The molecule has 1 N–H and O–H groups in total. The fourth-order valence-electron chi connectivity index (χ4n) is 3.92. The Morgan fingerprint density at radius 1 is 1.20 bits per heavy atom. The zero-order valence-electron chi connectivity index (χ0n) is 13.1. The lowest BCUT2D eigenvalue weighted by atomic mass is 9.84. The quantitative estimate of drug-likeness (QED) is 0.808. The van der Waals surface area contributed by atoms with Gasteiger partial charge in [-0.15, -0.1) is 0 Å². The molecule has 4 nitrogen and oxygen atoms in total. The van der Waals surface area contributed by atoms with Crippen LogP contribution in [0.25, 0.3) is 0 Å².